The molecule has 2 fully saturated rings. The van der Waals surface area contributed by atoms with Crippen LogP contribution in [0.25, 0.3) is 0 Å². The molecule has 0 aromatic carbocycles. The molecule has 1 atom stereocenters. The zero-order valence-corrected chi connectivity index (χ0v) is 8.69. The first-order valence-electron chi connectivity index (χ1n) is 5.40. The van der Waals surface area contributed by atoms with E-state index in [1.165, 1.54) is 0 Å². The molecule has 0 aromatic heterocycles. The molecule has 2 saturated heterocycles. The molecule has 2 aliphatic heterocycles. The molecule has 1 unspecified atom stereocenters. The van der Waals surface area contributed by atoms with Crippen LogP contribution < -0.4 is 0 Å². The first-order valence-corrected chi connectivity index (χ1v) is 5.40. The van der Waals surface area contributed by atoms with Gasteiger partial charge < -0.3 is 10.0 Å². The molecule has 1 amide bonds. The van der Waals surface area contributed by atoms with E-state index < -0.39 is 5.97 Å². The quantitative estimate of drug-likeness (QED) is 0.702. The van der Waals surface area contributed by atoms with Crippen LogP contribution in [0.1, 0.15) is 19.3 Å². The minimum Gasteiger partial charge on any atom is -0.481 e. The van der Waals surface area contributed by atoms with Crippen LogP contribution >= 0.6 is 0 Å². The number of nitrogens with zero attached hydrogens (tertiary/aromatic N) is 2. The second-order valence-corrected chi connectivity index (χ2v) is 4.22. The van der Waals surface area contributed by atoms with Crippen LogP contribution in [-0.2, 0) is 9.59 Å². The van der Waals surface area contributed by atoms with Crippen LogP contribution in [0.2, 0.25) is 0 Å². The summed E-state index contributed by atoms with van der Waals surface area (Å²) in [6.45, 7) is 3.03. The highest BCUT2D eigenvalue weighted by molar-refractivity contribution is 5.78. The van der Waals surface area contributed by atoms with Crippen molar-refractivity contribution in [2.45, 2.75) is 25.3 Å². The van der Waals surface area contributed by atoms with Crippen molar-refractivity contribution in [2.24, 2.45) is 0 Å². The molecule has 15 heavy (non-hydrogen) atoms. The lowest BCUT2D eigenvalue weighted by molar-refractivity contribution is -0.138. The van der Waals surface area contributed by atoms with Crippen molar-refractivity contribution in [1.29, 1.82) is 0 Å². The highest BCUT2D eigenvalue weighted by Gasteiger charge is 2.35. The lowest BCUT2D eigenvalue weighted by Crippen LogP contribution is -2.51. The van der Waals surface area contributed by atoms with Crippen LogP contribution in [0.15, 0.2) is 0 Å². The molecule has 1 N–H and O–H groups in total. The van der Waals surface area contributed by atoms with Crippen LogP contribution in [0.3, 0.4) is 0 Å². The second-order valence-electron chi connectivity index (χ2n) is 4.22. The van der Waals surface area contributed by atoms with Gasteiger partial charge in [0.15, 0.2) is 0 Å². The van der Waals surface area contributed by atoms with Crippen molar-refractivity contribution in [3.05, 3.63) is 0 Å². The summed E-state index contributed by atoms with van der Waals surface area (Å²) in [7, 11) is 0. The number of aliphatic carboxylic acids is 1. The molecule has 2 rings (SSSR count). The Labute approximate surface area is 88.6 Å². The Morgan fingerprint density at radius 2 is 2.27 bits per heavy atom. The van der Waals surface area contributed by atoms with Crippen molar-refractivity contribution in [2.75, 3.05) is 26.2 Å². The lowest BCUT2D eigenvalue weighted by Gasteiger charge is -2.37. The van der Waals surface area contributed by atoms with Gasteiger partial charge >= 0.3 is 5.97 Å². The molecule has 0 radical (unpaired) electrons. The van der Waals surface area contributed by atoms with Gasteiger partial charge in [0.05, 0.1) is 6.42 Å². The molecule has 2 aliphatic rings. The third kappa shape index (κ3) is 2.28. The molecule has 2 heterocycles. The average Bonchev–Trinajstić information content (AvgIpc) is 2.57. The molecular formula is C10H16N2O3. The van der Waals surface area contributed by atoms with E-state index in [-0.39, 0.29) is 12.3 Å². The summed E-state index contributed by atoms with van der Waals surface area (Å²) >= 11 is 0. The molecule has 5 heteroatoms. The standard InChI is InChI=1S/C10H16N2O3/c13-9-2-1-8-7-11(4-3-10(14)15)5-6-12(8)9/h8H,1-7H2,(H,14,15). The summed E-state index contributed by atoms with van der Waals surface area (Å²) in [6, 6.07) is 0.333. The Hall–Kier alpha value is -1.10. The van der Waals surface area contributed by atoms with Gasteiger partial charge in [0.25, 0.3) is 0 Å². The smallest absolute Gasteiger partial charge is 0.304 e. The highest BCUT2D eigenvalue weighted by atomic mass is 16.4. The Balaban J connectivity index is 1.83. The average molecular weight is 212 g/mol. The summed E-state index contributed by atoms with van der Waals surface area (Å²) in [5, 5.41) is 8.58. The fraction of sp³-hybridized carbons (Fsp3) is 0.800. The number of fused-ring (bicyclic) bond motifs is 1. The molecule has 0 bridgehead atoms. The minimum absolute atomic E-state index is 0.195. The van der Waals surface area contributed by atoms with Crippen molar-refractivity contribution < 1.29 is 14.7 Å². The Morgan fingerprint density at radius 1 is 1.47 bits per heavy atom. The largest absolute Gasteiger partial charge is 0.481 e. The Morgan fingerprint density at radius 3 is 3.00 bits per heavy atom. The Bertz CT molecular complexity index is 280. The predicted molar refractivity (Wildman–Crippen MR) is 53.4 cm³/mol. The third-order valence-corrected chi connectivity index (χ3v) is 3.22. The number of carboxylic acid groups (broad SMARTS) is 1. The predicted octanol–water partition coefficient (Wildman–Crippen LogP) is -0.232. The molecule has 0 aliphatic carbocycles. The van der Waals surface area contributed by atoms with E-state index in [9.17, 15) is 9.59 Å². The normalized spacial score (nSPS) is 26.8. The van der Waals surface area contributed by atoms with Crippen molar-refractivity contribution in [1.82, 2.24) is 9.80 Å². The number of rotatable bonds is 3. The summed E-state index contributed by atoms with van der Waals surface area (Å²) in [6.07, 6.45) is 1.79. The molecule has 5 nitrogen and oxygen atoms in total. The van der Waals surface area contributed by atoms with Crippen molar-refractivity contribution in [3.8, 4) is 0 Å². The number of hydrogen-bond acceptors (Lipinski definition) is 3. The summed E-state index contributed by atoms with van der Waals surface area (Å²) in [5.41, 5.74) is 0. The number of carboxylic acids is 1. The van der Waals surface area contributed by atoms with Gasteiger partial charge in [-0.05, 0) is 6.42 Å². The summed E-state index contributed by atoms with van der Waals surface area (Å²) in [5.74, 6) is -0.488. The zero-order chi connectivity index (χ0) is 10.8. The summed E-state index contributed by atoms with van der Waals surface area (Å²) < 4.78 is 0. The fourth-order valence-corrected chi connectivity index (χ4v) is 2.39. The van der Waals surface area contributed by atoms with Crippen LogP contribution in [0.4, 0.5) is 0 Å². The number of piperazine rings is 1. The van der Waals surface area contributed by atoms with E-state index in [4.69, 9.17) is 5.11 Å². The lowest BCUT2D eigenvalue weighted by atomic mass is 10.1. The number of carbonyl (C=O) groups is 2. The van der Waals surface area contributed by atoms with Gasteiger partial charge in [-0.3, -0.25) is 14.5 Å². The number of hydrogen-bond donors (Lipinski definition) is 1. The van der Waals surface area contributed by atoms with Crippen molar-refractivity contribution >= 4 is 11.9 Å². The van der Waals surface area contributed by atoms with E-state index >= 15 is 0 Å². The first kappa shape index (κ1) is 10.4. The van der Waals surface area contributed by atoms with Gasteiger partial charge in [0, 0.05) is 38.6 Å². The molecule has 0 aromatic rings. The number of carbonyl (C=O) groups excluding carboxylic acids is 1. The SMILES string of the molecule is O=C(O)CCN1CCN2C(=O)CCC2C1. The van der Waals surface area contributed by atoms with Gasteiger partial charge in [-0.25, -0.2) is 0 Å². The third-order valence-electron chi connectivity index (χ3n) is 3.22. The van der Waals surface area contributed by atoms with Crippen LogP contribution in [-0.4, -0.2) is 59.0 Å². The fourth-order valence-electron chi connectivity index (χ4n) is 2.39. The van der Waals surface area contributed by atoms with Crippen LogP contribution in [0.5, 0.6) is 0 Å². The summed E-state index contributed by atoms with van der Waals surface area (Å²) in [4.78, 5) is 25.9. The monoisotopic (exact) mass is 212 g/mol. The molecule has 0 spiro atoms. The van der Waals surface area contributed by atoms with Gasteiger partial charge in [-0.2, -0.15) is 0 Å². The zero-order valence-electron chi connectivity index (χ0n) is 8.69. The van der Waals surface area contributed by atoms with E-state index in [0.717, 1.165) is 26.1 Å². The first-order chi connectivity index (χ1) is 7.16. The molecular weight excluding hydrogens is 196 g/mol. The van der Waals surface area contributed by atoms with Gasteiger partial charge in [-0.15, -0.1) is 0 Å². The van der Waals surface area contributed by atoms with Crippen molar-refractivity contribution in [3.63, 3.8) is 0 Å². The van der Waals surface area contributed by atoms with E-state index in [0.29, 0.717) is 19.0 Å². The van der Waals surface area contributed by atoms with Crippen LogP contribution in [0, 0.1) is 0 Å². The maximum absolute atomic E-state index is 11.4. The second kappa shape index (κ2) is 4.18. The van der Waals surface area contributed by atoms with E-state index in [1.807, 2.05) is 4.90 Å². The molecule has 84 valence electrons. The topological polar surface area (TPSA) is 60.9 Å². The molecule has 0 saturated carbocycles. The van der Waals surface area contributed by atoms with Gasteiger partial charge in [0.2, 0.25) is 5.91 Å². The van der Waals surface area contributed by atoms with E-state index in [1.54, 1.807) is 0 Å². The Kier molecular flexibility index (Phi) is 2.90. The highest BCUT2D eigenvalue weighted by Crippen LogP contribution is 2.22. The maximum Gasteiger partial charge on any atom is 0.304 e. The van der Waals surface area contributed by atoms with Gasteiger partial charge in [0.1, 0.15) is 0 Å². The van der Waals surface area contributed by atoms with Gasteiger partial charge in [-0.1, -0.05) is 0 Å². The number of amides is 1. The van der Waals surface area contributed by atoms with E-state index in [2.05, 4.69) is 4.90 Å². The minimum atomic E-state index is -0.750. The maximum atomic E-state index is 11.4.